The molecule has 0 saturated heterocycles. The molecule has 2 saturated carbocycles. The van der Waals surface area contributed by atoms with Crippen LogP contribution in [0.15, 0.2) is 23.3 Å². The molecule has 138 valence electrons. The van der Waals surface area contributed by atoms with Gasteiger partial charge in [-0.05, 0) is 55.9 Å². The first-order valence-electron chi connectivity index (χ1n) is 9.65. The van der Waals surface area contributed by atoms with E-state index < -0.39 is 23.7 Å². The summed E-state index contributed by atoms with van der Waals surface area (Å²) >= 11 is 0. The fourth-order valence-electron chi connectivity index (χ4n) is 6.94. The molecule has 0 radical (unpaired) electrons. The molecule has 4 aliphatic carbocycles. The molecule has 25 heavy (non-hydrogen) atoms. The van der Waals surface area contributed by atoms with Gasteiger partial charge in [-0.1, -0.05) is 31.6 Å². The molecule has 4 aliphatic rings. The average molecular weight is 346 g/mol. The molecule has 3 N–H and O–H groups in total. The molecule has 4 heteroatoms. The third-order valence-electron chi connectivity index (χ3n) is 8.08. The zero-order valence-corrected chi connectivity index (χ0v) is 15.4. The standard InChI is InChI=1S/C21H30O4/c1-11(22)15-6-7-16-14-5-4-12-8-13(23)9-18(25)21(12,3)19(14)17(24)10-20(15,16)2/h4,6,13-14,16-19,23-25H,5,7-10H2,1-3H3/t13-,14-,16-,17+,18-,19+,20-,21-/m1/s1. The Hall–Kier alpha value is -0.970. The predicted octanol–water partition coefficient (Wildman–Crippen LogP) is 2.38. The van der Waals surface area contributed by atoms with Gasteiger partial charge >= 0.3 is 0 Å². The number of fused-ring (bicyclic) bond motifs is 5. The molecule has 8 atom stereocenters. The second kappa shape index (κ2) is 5.51. The molecule has 0 amide bonds. The van der Waals surface area contributed by atoms with E-state index in [0.29, 0.717) is 25.2 Å². The summed E-state index contributed by atoms with van der Waals surface area (Å²) in [4.78, 5) is 12.1. The summed E-state index contributed by atoms with van der Waals surface area (Å²) in [6, 6.07) is 0. The zero-order chi connectivity index (χ0) is 18.1. The van der Waals surface area contributed by atoms with E-state index in [1.54, 1.807) is 6.92 Å². The van der Waals surface area contributed by atoms with Crippen molar-refractivity contribution in [3.63, 3.8) is 0 Å². The van der Waals surface area contributed by atoms with Crippen molar-refractivity contribution >= 4 is 5.78 Å². The zero-order valence-electron chi connectivity index (χ0n) is 15.4. The normalized spacial score (nSPS) is 51.8. The molecule has 4 rings (SSSR count). The van der Waals surface area contributed by atoms with Crippen molar-refractivity contribution in [2.75, 3.05) is 0 Å². The summed E-state index contributed by atoms with van der Waals surface area (Å²) in [5, 5.41) is 32.1. The largest absolute Gasteiger partial charge is 0.393 e. The van der Waals surface area contributed by atoms with Crippen LogP contribution in [0.5, 0.6) is 0 Å². The summed E-state index contributed by atoms with van der Waals surface area (Å²) in [5.41, 5.74) is 1.27. The Morgan fingerprint density at radius 1 is 1.16 bits per heavy atom. The maximum atomic E-state index is 12.1. The smallest absolute Gasteiger partial charge is 0.156 e. The van der Waals surface area contributed by atoms with Gasteiger partial charge in [0.25, 0.3) is 0 Å². The van der Waals surface area contributed by atoms with Crippen molar-refractivity contribution in [3.8, 4) is 0 Å². The minimum absolute atomic E-state index is 0.00668. The van der Waals surface area contributed by atoms with Gasteiger partial charge in [-0.3, -0.25) is 4.79 Å². The van der Waals surface area contributed by atoms with Crippen molar-refractivity contribution in [2.45, 2.75) is 71.2 Å². The molecular weight excluding hydrogens is 316 g/mol. The van der Waals surface area contributed by atoms with Crippen molar-refractivity contribution in [3.05, 3.63) is 23.3 Å². The highest BCUT2D eigenvalue weighted by atomic mass is 16.3. The molecule has 0 unspecified atom stereocenters. The predicted molar refractivity (Wildman–Crippen MR) is 94.6 cm³/mol. The highest BCUT2D eigenvalue weighted by molar-refractivity contribution is 5.95. The fraction of sp³-hybridized carbons (Fsp3) is 0.762. The molecule has 0 heterocycles. The Bertz CT molecular complexity index is 665. The van der Waals surface area contributed by atoms with Gasteiger partial charge in [0.1, 0.15) is 0 Å². The monoisotopic (exact) mass is 346 g/mol. The highest BCUT2D eigenvalue weighted by Gasteiger charge is 2.62. The Labute approximate surface area is 149 Å². The number of allylic oxidation sites excluding steroid dienone is 3. The van der Waals surface area contributed by atoms with E-state index in [0.717, 1.165) is 24.0 Å². The number of hydrogen-bond acceptors (Lipinski definition) is 4. The van der Waals surface area contributed by atoms with E-state index in [2.05, 4.69) is 26.0 Å². The Morgan fingerprint density at radius 3 is 2.56 bits per heavy atom. The number of ketones is 1. The Balaban J connectivity index is 1.75. The van der Waals surface area contributed by atoms with E-state index >= 15 is 0 Å². The minimum Gasteiger partial charge on any atom is -0.393 e. The first-order chi connectivity index (χ1) is 11.7. The highest BCUT2D eigenvalue weighted by Crippen LogP contribution is 2.64. The van der Waals surface area contributed by atoms with Crippen LogP contribution < -0.4 is 0 Å². The van der Waals surface area contributed by atoms with Crippen molar-refractivity contribution in [2.24, 2.45) is 28.6 Å². The number of rotatable bonds is 1. The van der Waals surface area contributed by atoms with Gasteiger partial charge in [0.15, 0.2) is 5.78 Å². The number of carbonyl (C=O) groups excluding carboxylic acids is 1. The molecule has 0 aromatic rings. The van der Waals surface area contributed by atoms with Crippen LogP contribution >= 0.6 is 0 Å². The third kappa shape index (κ3) is 2.20. The molecule has 0 bridgehead atoms. The van der Waals surface area contributed by atoms with E-state index in [4.69, 9.17) is 0 Å². The number of aliphatic hydroxyl groups is 3. The second-order valence-corrected chi connectivity index (χ2v) is 9.25. The summed E-state index contributed by atoms with van der Waals surface area (Å²) < 4.78 is 0. The Morgan fingerprint density at radius 2 is 1.88 bits per heavy atom. The van der Waals surface area contributed by atoms with E-state index in [1.807, 2.05) is 0 Å². The number of carbonyl (C=O) groups is 1. The summed E-state index contributed by atoms with van der Waals surface area (Å²) in [5.74, 6) is 0.719. The lowest BCUT2D eigenvalue weighted by Crippen LogP contribution is -2.60. The molecule has 2 fully saturated rings. The summed E-state index contributed by atoms with van der Waals surface area (Å²) in [6.07, 6.45) is 5.95. The van der Waals surface area contributed by atoms with Gasteiger partial charge in [-0.2, -0.15) is 0 Å². The lowest BCUT2D eigenvalue weighted by molar-refractivity contribution is -0.148. The van der Waals surface area contributed by atoms with Crippen LogP contribution in [0.4, 0.5) is 0 Å². The van der Waals surface area contributed by atoms with Gasteiger partial charge in [0.05, 0.1) is 18.3 Å². The molecule has 4 nitrogen and oxygen atoms in total. The maximum Gasteiger partial charge on any atom is 0.156 e. The topological polar surface area (TPSA) is 77.8 Å². The van der Waals surface area contributed by atoms with Gasteiger partial charge in [-0.25, -0.2) is 0 Å². The second-order valence-electron chi connectivity index (χ2n) is 9.25. The molecule has 0 aliphatic heterocycles. The molecule has 0 aromatic carbocycles. The molecule has 0 aromatic heterocycles. The number of aliphatic hydroxyl groups excluding tert-OH is 3. The van der Waals surface area contributed by atoms with Gasteiger partial charge in [0, 0.05) is 17.3 Å². The van der Waals surface area contributed by atoms with E-state index in [1.165, 1.54) is 0 Å². The van der Waals surface area contributed by atoms with Crippen LogP contribution in [0.2, 0.25) is 0 Å². The quantitative estimate of drug-likeness (QED) is 0.637. The fourth-order valence-corrected chi connectivity index (χ4v) is 6.94. The van der Waals surface area contributed by atoms with Gasteiger partial charge in [-0.15, -0.1) is 0 Å². The number of Topliss-reactive ketones (excluding diaryl/α,β-unsaturated/α-hetero) is 1. The summed E-state index contributed by atoms with van der Waals surface area (Å²) in [6.45, 7) is 5.84. The van der Waals surface area contributed by atoms with Crippen LogP contribution in [0.25, 0.3) is 0 Å². The third-order valence-corrected chi connectivity index (χ3v) is 8.08. The van der Waals surface area contributed by atoms with Crippen molar-refractivity contribution in [1.29, 1.82) is 0 Å². The van der Waals surface area contributed by atoms with Gasteiger partial charge < -0.3 is 15.3 Å². The molecular formula is C21H30O4. The van der Waals surface area contributed by atoms with Crippen LogP contribution in [0.3, 0.4) is 0 Å². The van der Waals surface area contributed by atoms with Crippen LogP contribution in [-0.2, 0) is 4.79 Å². The summed E-state index contributed by atoms with van der Waals surface area (Å²) in [7, 11) is 0. The first kappa shape index (κ1) is 17.4. The maximum absolute atomic E-state index is 12.1. The van der Waals surface area contributed by atoms with Crippen LogP contribution in [0, 0.1) is 28.6 Å². The van der Waals surface area contributed by atoms with E-state index in [9.17, 15) is 20.1 Å². The lowest BCUT2D eigenvalue weighted by Gasteiger charge is -2.60. The minimum atomic E-state index is -0.629. The first-order valence-corrected chi connectivity index (χ1v) is 9.65. The Kier molecular flexibility index (Phi) is 3.85. The van der Waals surface area contributed by atoms with E-state index in [-0.39, 0.29) is 23.0 Å². The lowest BCUT2D eigenvalue weighted by atomic mass is 9.46. The molecule has 0 spiro atoms. The average Bonchev–Trinajstić information content (AvgIpc) is 2.85. The van der Waals surface area contributed by atoms with Crippen molar-refractivity contribution in [1.82, 2.24) is 0 Å². The van der Waals surface area contributed by atoms with Crippen LogP contribution in [0.1, 0.15) is 52.9 Å². The van der Waals surface area contributed by atoms with Crippen LogP contribution in [-0.4, -0.2) is 39.4 Å². The SMILES string of the molecule is CC(=O)C1=CC[C@@H]2[C@H]3CC=C4C[C@@H](O)C[C@@H](O)[C@]4(C)[C@@H]3[C@@H](O)C[C@]12C. The van der Waals surface area contributed by atoms with Crippen molar-refractivity contribution < 1.29 is 20.1 Å². The van der Waals surface area contributed by atoms with Gasteiger partial charge in [0.2, 0.25) is 0 Å². The number of hydrogen-bond donors (Lipinski definition) is 3.